The first kappa shape index (κ1) is 24.2. The number of nitrogens with zero attached hydrogens (tertiary/aromatic N) is 2. The normalized spacial score (nSPS) is 18.6. The third kappa shape index (κ3) is 5.21. The lowest BCUT2D eigenvalue weighted by atomic mass is 9.95. The molecule has 1 fully saturated rings. The molecule has 36 heavy (non-hydrogen) atoms. The fraction of sp³-hybridized carbons (Fsp3) is 0.286. The van der Waals surface area contributed by atoms with Crippen LogP contribution in [0.4, 0.5) is 0 Å². The van der Waals surface area contributed by atoms with Gasteiger partial charge in [0.2, 0.25) is 5.78 Å². The molecule has 1 N–H and O–H groups in total. The standard InChI is InChI=1S/C28H28N2O5S/c31-26(23-7-4-18-36-23)24-25(30(28(33)27(24)32)13-12-29-14-16-34-17-15-29)21-8-10-22(11-9-21)35-19-20-5-2-1-3-6-20/h1-11,18,25,32H,12-17,19H2/t25-/m0/s1. The molecule has 5 rings (SSSR count). The number of morpholine rings is 1. The van der Waals surface area contributed by atoms with Gasteiger partial charge in [0.25, 0.3) is 5.91 Å². The maximum absolute atomic E-state index is 13.4. The number of aliphatic hydroxyl groups is 1. The number of thiophene rings is 1. The largest absolute Gasteiger partial charge is 0.503 e. The highest BCUT2D eigenvalue weighted by Crippen LogP contribution is 2.39. The molecular weight excluding hydrogens is 476 g/mol. The summed E-state index contributed by atoms with van der Waals surface area (Å²) in [7, 11) is 0. The van der Waals surface area contributed by atoms with Gasteiger partial charge in [0.15, 0.2) is 5.76 Å². The quantitative estimate of drug-likeness (QED) is 0.439. The van der Waals surface area contributed by atoms with E-state index in [0.29, 0.717) is 43.5 Å². The number of aliphatic hydroxyl groups excluding tert-OH is 1. The van der Waals surface area contributed by atoms with Gasteiger partial charge in [-0.15, -0.1) is 11.3 Å². The first-order valence-electron chi connectivity index (χ1n) is 12.0. The highest BCUT2D eigenvalue weighted by molar-refractivity contribution is 7.12. The molecule has 0 spiro atoms. The van der Waals surface area contributed by atoms with Gasteiger partial charge in [0.05, 0.1) is 29.7 Å². The Labute approximate surface area is 214 Å². The molecule has 1 atom stereocenters. The zero-order valence-electron chi connectivity index (χ0n) is 19.8. The number of ketones is 1. The van der Waals surface area contributed by atoms with Crippen molar-refractivity contribution in [1.82, 2.24) is 9.80 Å². The van der Waals surface area contributed by atoms with Crippen molar-refractivity contribution in [2.24, 2.45) is 0 Å². The van der Waals surface area contributed by atoms with Crippen molar-refractivity contribution in [2.75, 3.05) is 39.4 Å². The summed E-state index contributed by atoms with van der Waals surface area (Å²) in [6, 6.07) is 20.1. The van der Waals surface area contributed by atoms with Crippen molar-refractivity contribution in [3.63, 3.8) is 0 Å². The van der Waals surface area contributed by atoms with E-state index in [-0.39, 0.29) is 11.4 Å². The second-order valence-corrected chi connectivity index (χ2v) is 9.71. The average molecular weight is 505 g/mol. The molecule has 7 nitrogen and oxygen atoms in total. The monoisotopic (exact) mass is 504 g/mol. The predicted octanol–water partition coefficient (Wildman–Crippen LogP) is 4.24. The van der Waals surface area contributed by atoms with E-state index in [9.17, 15) is 14.7 Å². The highest BCUT2D eigenvalue weighted by atomic mass is 32.1. The summed E-state index contributed by atoms with van der Waals surface area (Å²) in [5.41, 5.74) is 1.94. The van der Waals surface area contributed by atoms with Gasteiger partial charge in [0, 0.05) is 26.2 Å². The van der Waals surface area contributed by atoms with E-state index >= 15 is 0 Å². The zero-order chi connectivity index (χ0) is 24.9. The number of hydrogen-bond acceptors (Lipinski definition) is 7. The van der Waals surface area contributed by atoms with E-state index in [2.05, 4.69) is 4.90 Å². The number of ether oxygens (including phenoxy) is 2. The van der Waals surface area contributed by atoms with Crippen LogP contribution in [-0.4, -0.2) is 66.0 Å². The Morgan fingerprint density at radius 3 is 2.44 bits per heavy atom. The summed E-state index contributed by atoms with van der Waals surface area (Å²) in [4.78, 5) is 30.9. The molecule has 2 aliphatic rings. The van der Waals surface area contributed by atoms with Crippen LogP contribution in [0.1, 0.15) is 26.8 Å². The molecular formula is C28H28N2O5S. The molecule has 0 aliphatic carbocycles. The summed E-state index contributed by atoms with van der Waals surface area (Å²) >= 11 is 1.30. The molecule has 2 aliphatic heterocycles. The van der Waals surface area contributed by atoms with Gasteiger partial charge >= 0.3 is 0 Å². The van der Waals surface area contributed by atoms with Gasteiger partial charge in [-0.1, -0.05) is 48.5 Å². The van der Waals surface area contributed by atoms with Crippen LogP contribution < -0.4 is 4.74 Å². The van der Waals surface area contributed by atoms with Gasteiger partial charge in [-0.05, 0) is 34.7 Å². The minimum Gasteiger partial charge on any atom is -0.503 e. The summed E-state index contributed by atoms with van der Waals surface area (Å²) < 4.78 is 11.3. The minimum atomic E-state index is -0.670. The van der Waals surface area contributed by atoms with Crippen LogP contribution in [0.2, 0.25) is 0 Å². The predicted molar refractivity (Wildman–Crippen MR) is 137 cm³/mol. The Bertz CT molecular complexity index is 1220. The lowest BCUT2D eigenvalue weighted by Crippen LogP contribution is -2.43. The Morgan fingerprint density at radius 1 is 1.00 bits per heavy atom. The molecule has 8 heteroatoms. The third-order valence-electron chi connectivity index (χ3n) is 6.50. The zero-order valence-corrected chi connectivity index (χ0v) is 20.7. The first-order chi connectivity index (χ1) is 17.6. The van der Waals surface area contributed by atoms with Crippen LogP contribution in [0.3, 0.4) is 0 Å². The van der Waals surface area contributed by atoms with Crippen LogP contribution >= 0.6 is 11.3 Å². The summed E-state index contributed by atoms with van der Waals surface area (Å²) in [6.07, 6.45) is 0. The number of rotatable bonds is 9. The second-order valence-electron chi connectivity index (χ2n) is 8.77. The maximum atomic E-state index is 13.4. The van der Waals surface area contributed by atoms with Gasteiger partial charge < -0.3 is 19.5 Å². The Kier molecular flexibility index (Phi) is 7.46. The fourth-order valence-corrected chi connectivity index (χ4v) is 5.24. The van der Waals surface area contributed by atoms with Gasteiger partial charge in [-0.25, -0.2) is 0 Å². The Morgan fingerprint density at radius 2 is 1.75 bits per heavy atom. The number of hydrogen-bond donors (Lipinski definition) is 1. The molecule has 3 aromatic rings. The van der Waals surface area contributed by atoms with Crippen molar-refractivity contribution in [3.05, 3.63) is 99.4 Å². The number of carbonyl (C=O) groups excluding carboxylic acids is 2. The Hall–Kier alpha value is -3.46. The van der Waals surface area contributed by atoms with Crippen LogP contribution in [0.15, 0.2) is 83.4 Å². The van der Waals surface area contributed by atoms with Gasteiger partial charge in [-0.3, -0.25) is 14.5 Å². The summed E-state index contributed by atoms with van der Waals surface area (Å²) in [5, 5.41) is 12.7. The number of Topliss-reactive ketones (excluding diaryl/α,β-unsaturated/α-hetero) is 1. The molecule has 186 valence electrons. The molecule has 0 unspecified atom stereocenters. The number of carbonyl (C=O) groups is 2. The van der Waals surface area contributed by atoms with E-state index < -0.39 is 17.7 Å². The molecule has 3 heterocycles. The van der Waals surface area contributed by atoms with Crippen LogP contribution in [0.25, 0.3) is 0 Å². The van der Waals surface area contributed by atoms with Crippen LogP contribution in [0, 0.1) is 0 Å². The van der Waals surface area contributed by atoms with Crippen molar-refractivity contribution in [3.8, 4) is 5.75 Å². The van der Waals surface area contributed by atoms with E-state index in [1.165, 1.54) is 11.3 Å². The highest BCUT2D eigenvalue weighted by Gasteiger charge is 2.44. The molecule has 1 amide bonds. The van der Waals surface area contributed by atoms with Crippen molar-refractivity contribution in [1.29, 1.82) is 0 Å². The smallest absolute Gasteiger partial charge is 0.290 e. The van der Waals surface area contributed by atoms with E-state index in [1.807, 2.05) is 60.0 Å². The lowest BCUT2D eigenvalue weighted by Gasteiger charge is -2.31. The van der Waals surface area contributed by atoms with Crippen LogP contribution in [0.5, 0.6) is 5.75 Å². The van der Waals surface area contributed by atoms with Gasteiger partial charge in [0.1, 0.15) is 12.4 Å². The van der Waals surface area contributed by atoms with Crippen molar-refractivity contribution in [2.45, 2.75) is 12.6 Å². The minimum absolute atomic E-state index is 0.127. The summed E-state index contributed by atoms with van der Waals surface area (Å²) in [5.74, 6) is -0.618. The molecule has 1 aromatic heterocycles. The molecule has 2 aromatic carbocycles. The first-order valence-corrected chi connectivity index (χ1v) is 12.9. The van der Waals surface area contributed by atoms with E-state index in [4.69, 9.17) is 9.47 Å². The van der Waals surface area contributed by atoms with E-state index in [1.54, 1.807) is 17.0 Å². The number of benzene rings is 2. The van der Waals surface area contributed by atoms with Crippen molar-refractivity contribution >= 4 is 23.0 Å². The molecule has 0 radical (unpaired) electrons. The molecule has 1 saturated heterocycles. The molecule has 0 saturated carbocycles. The fourth-order valence-electron chi connectivity index (χ4n) is 4.56. The third-order valence-corrected chi connectivity index (χ3v) is 7.37. The topological polar surface area (TPSA) is 79.3 Å². The summed E-state index contributed by atoms with van der Waals surface area (Å²) in [6.45, 7) is 4.37. The Balaban J connectivity index is 1.39. The van der Waals surface area contributed by atoms with E-state index in [0.717, 1.165) is 24.2 Å². The van der Waals surface area contributed by atoms with Gasteiger partial charge in [-0.2, -0.15) is 0 Å². The lowest BCUT2D eigenvalue weighted by molar-refractivity contribution is -0.129. The SMILES string of the molecule is O=C(C1=C(O)C(=O)N(CCN2CCOCC2)[C@H]1c1ccc(OCc2ccccc2)cc1)c1cccs1. The number of amides is 1. The average Bonchev–Trinajstić information content (AvgIpc) is 3.55. The van der Waals surface area contributed by atoms with Crippen LogP contribution in [-0.2, 0) is 16.1 Å². The molecule has 0 bridgehead atoms. The maximum Gasteiger partial charge on any atom is 0.290 e. The van der Waals surface area contributed by atoms with Crippen molar-refractivity contribution < 1.29 is 24.2 Å². The second kappa shape index (κ2) is 11.1.